The number of anilines is 1. The number of carbonyl (C=O) groups excluding carboxylic acids is 1. The van der Waals surface area contributed by atoms with Crippen LogP contribution in [0.3, 0.4) is 0 Å². The molecule has 1 aliphatic rings. The predicted octanol–water partition coefficient (Wildman–Crippen LogP) is 1.75. The summed E-state index contributed by atoms with van der Waals surface area (Å²) in [4.78, 5) is 13.5. The van der Waals surface area contributed by atoms with E-state index in [2.05, 4.69) is 17.9 Å². The average molecular weight is 205 g/mol. The van der Waals surface area contributed by atoms with Gasteiger partial charge in [0.1, 0.15) is 6.04 Å². The van der Waals surface area contributed by atoms with Gasteiger partial charge in [-0.15, -0.1) is 0 Å². The summed E-state index contributed by atoms with van der Waals surface area (Å²) in [6, 6.07) is 8.01. The van der Waals surface area contributed by atoms with Gasteiger partial charge >= 0.3 is 5.97 Å². The minimum absolute atomic E-state index is 0.0638. The number of rotatable bonds is 3. The van der Waals surface area contributed by atoms with Crippen molar-refractivity contribution in [1.29, 1.82) is 0 Å². The lowest BCUT2D eigenvalue weighted by molar-refractivity contribution is -0.142. The fraction of sp³-hybridized carbons (Fsp3) is 0.417. The Morgan fingerprint density at radius 3 is 2.93 bits per heavy atom. The summed E-state index contributed by atoms with van der Waals surface area (Å²) < 4.78 is 4.98. The van der Waals surface area contributed by atoms with Gasteiger partial charge in [0, 0.05) is 5.69 Å². The second-order valence-electron chi connectivity index (χ2n) is 3.71. The minimum Gasteiger partial charge on any atom is -0.464 e. The van der Waals surface area contributed by atoms with Crippen LogP contribution in [-0.4, -0.2) is 25.2 Å². The Hall–Kier alpha value is -1.51. The first-order valence-corrected chi connectivity index (χ1v) is 5.23. The normalized spacial score (nSPS) is 18.8. The predicted molar refractivity (Wildman–Crippen MR) is 58.9 cm³/mol. The Kier molecular flexibility index (Phi) is 2.62. The van der Waals surface area contributed by atoms with E-state index in [0.717, 1.165) is 12.2 Å². The minimum atomic E-state index is -0.110. The number of nitrogens with zero attached hydrogens (tertiary/aromatic N) is 1. The zero-order valence-corrected chi connectivity index (χ0v) is 9.06. The molecule has 1 aromatic rings. The smallest absolute Gasteiger partial charge is 0.330 e. The molecule has 0 spiro atoms. The third kappa shape index (κ3) is 1.96. The molecule has 0 aliphatic carbocycles. The molecule has 0 bridgehead atoms. The van der Waals surface area contributed by atoms with Crippen molar-refractivity contribution >= 4 is 11.7 Å². The molecule has 1 fully saturated rings. The summed E-state index contributed by atoms with van der Waals surface area (Å²) in [5.74, 6) is -0.110. The zero-order valence-electron chi connectivity index (χ0n) is 9.06. The fourth-order valence-electron chi connectivity index (χ4n) is 1.73. The van der Waals surface area contributed by atoms with Crippen molar-refractivity contribution < 1.29 is 9.53 Å². The maximum absolute atomic E-state index is 11.4. The Labute approximate surface area is 89.7 Å². The van der Waals surface area contributed by atoms with Gasteiger partial charge in [-0.05, 0) is 25.5 Å². The third-order valence-corrected chi connectivity index (χ3v) is 2.60. The lowest BCUT2D eigenvalue weighted by Crippen LogP contribution is -2.16. The number of hydrogen-bond donors (Lipinski definition) is 0. The zero-order chi connectivity index (χ0) is 10.8. The van der Waals surface area contributed by atoms with Crippen LogP contribution in [0.2, 0.25) is 0 Å². The summed E-state index contributed by atoms with van der Waals surface area (Å²) in [6.45, 7) is 5.12. The van der Waals surface area contributed by atoms with Crippen LogP contribution < -0.4 is 4.90 Å². The van der Waals surface area contributed by atoms with Gasteiger partial charge in [0.05, 0.1) is 13.2 Å². The maximum atomic E-state index is 11.4. The molecule has 1 atom stereocenters. The summed E-state index contributed by atoms with van der Waals surface area (Å²) in [5.41, 5.74) is 2.33. The second-order valence-corrected chi connectivity index (χ2v) is 3.71. The molecule has 1 heterocycles. The molecular weight excluding hydrogens is 190 g/mol. The number of hydrogen-bond acceptors (Lipinski definition) is 3. The Balaban J connectivity index is 2.05. The van der Waals surface area contributed by atoms with Crippen molar-refractivity contribution in [3.8, 4) is 0 Å². The summed E-state index contributed by atoms with van der Waals surface area (Å²) >= 11 is 0. The van der Waals surface area contributed by atoms with Gasteiger partial charge < -0.3 is 9.64 Å². The molecule has 3 nitrogen and oxygen atoms in total. The number of carbonyl (C=O) groups is 1. The van der Waals surface area contributed by atoms with Crippen molar-refractivity contribution in [3.63, 3.8) is 0 Å². The van der Waals surface area contributed by atoms with Gasteiger partial charge in [0.15, 0.2) is 0 Å². The summed E-state index contributed by atoms with van der Waals surface area (Å²) in [6.07, 6.45) is 0. The molecule has 0 saturated carbocycles. The van der Waals surface area contributed by atoms with Gasteiger partial charge in [0.2, 0.25) is 0 Å². The summed E-state index contributed by atoms with van der Waals surface area (Å²) in [5, 5.41) is 0. The molecule has 0 radical (unpaired) electrons. The monoisotopic (exact) mass is 205 g/mol. The molecule has 1 saturated heterocycles. The molecule has 0 aromatic heterocycles. The summed E-state index contributed by atoms with van der Waals surface area (Å²) in [7, 11) is 0. The second kappa shape index (κ2) is 3.93. The molecule has 2 rings (SSSR count). The first-order chi connectivity index (χ1) is 7.24. The number of ether oxygens (including phenoxy) is 1. The van der Waals surface area contributed by atoms with Crippen LogP contribution in [0.25, 0.3) is 0 Å². The quantitative estimate of drug-likeness (QED) is 0.556. The highest BCUT2D eigenvalue weighted by atomic mass is 16.5. The third-order valence-electron chi connectivity index (χ3n) is 2.60. The molecule has 0 amide bonds. The lowest BCUT2D eigenvalue weighted by atomic mass is 10.2. The average Bonchev–Trinajstić information content (AvgIpc) is 2.98. The van der Waals surface area contributed by atoms with Crippen LogP contribution in [0.1, 0.15) is 12.5 Å². The van der Waals surface area contributed by atoms with E-state index in [9.17, 15) is 4.79 Å². The number of aryl methyl sites for hydroxylation is 1. The molecule has 15 heavy (non-hydrogen) atoms. The Morgan fingerprint density at radius 2 is 2.27 bits per heavy atom. The number of benzene rings is 1. The molecule has 3 heteroatoms. The van der Waals surface area contributed by atoms with Gasteiger partial charge in [0.25, 0.3) is 0 Å². The van der Waals surface area contributed by atoms with Crippen LogP contribution in [0.15, 0.2) is 24.3 Å². The molecular formula is C12H15NO2. The van der Waals surface area contributed by atoms with E-state index in [4.69, 9.17) is 4.74 Å². The van der Waals surface area contributed by atoms with Crippen LogP contribution in [0.4, 0.5) is 5.69 Å². The van der Waals surface area contributed by atoms with E-state index < -0.39 is 0 Å². The van der Waals surface area contributed by atoms with Gasteiger partial charge in [-0.1, -0.05) is 18.2 Å². The van der Waals surface area contributed by atoms with Crippen molar-refractivity contribution in [1.82, 2.24) is 0 Å². The maximum Gasteiger partial charge on any atom is 0.330 e. The van der Waals surface area contributed by atoms with Crippen LogP contribution in [-0.2, 0) is 9.53 Å². The number of para-hydroxylation sites is 1. The fourth-order valence-corrected chi connectivity index (χ4v) is 1.73. The van der Waals surface area contributed by atoms with E-state index in [1.807, 2.05) is 25.1 Å². The largest absolute Gasteiger partial charge is 0.464 e. The Bertz CT molecular complexity index is 376. The van der Waals surface area contributed by atoms with E-state index in [1.54, 1.807) is 0 Å². The van der Waals surface area contributed by atoms with Crippen molar-refractivity contribution in [3.05, 3.63) is 29.8 Å². The first-order valence-electron chi connectivity index (χ1n) is 5.23. The van der Waals surface area contributed by atoms with Crippen molar-refractivity contribution in [2.45, 2.75) is 19.9 Å². The van der Waals surface area contributed by atoms with E-state index in [0.29, 0.717) is 6.61 Å². The molecule has 1 aromatic carbocycles. The van der Waals surface area contributed by atoms with E-state index in [-0.39, 0.29) is 12.0 Å². The highest BCUT2D eigenvalue weighted by Gasteiger charge is 2.42. The molecule has 0 N–H and O–H groups in total. The SMILES string of the molecule is CCOC(=O)C1CN1c1ccccc1C. The highest BCUT2D eigenvalue weighted by molar-refractivity contribution is 5.87. The van der Waals surface area contributed by atoms with E-state index in [1.165, 1.54) is 5.56 Å². The van der Waals surface area contributed by atoms with Crippen LogP contribution in [0.5, 0.6) is 0 Å². The molecule has 1 aliphatic heterocycles. The van der Waals surface area contributed by atoms with Gasteiger partial charge in [-0.25, -0.2) is 4.79 Å². The van der Waals surface area contributed by atoms with Gasteiger partial charge in [-0.2, -0.15) is 0 Å². The van der Waals surface area contributed by atoms with Crippen LogP contribution in [0, 0.1) is 6.92 Å². The lowest BCUT2D eigenvalue weighted by Gasteiger charge is -2.08. The topological polar surface area (TPSA) is 29.3 Å². The van der Waals surface area contributed by atoms with Gasteiger partial charge in [-0.3, -0.25) is 0 Å². The molecule has 1 unspecified atom stereocenters. The number of esters is 1. The van der Waals surface area contributed by atoms with Crippen molar-refractivity contribution in [2.24, 2.45) is 0 Å². The molecule has 80 valence electrons. The van der Waals surface area contributed by atoms with Crippen LogP contribution >= 0.6 is 0 Å². The standard InChI is InChI=1S/C12H15NO2/c1-3-15-12(14)11-8-13(11)10-7-5-4-6-9(10)2/h4-7,11H,3,8H2,1-2H3. The van der Waals surface area contributed by atoms with E-state index >= 15 is 0 Å². The Morgan fingerprint density at radius 1 is 1.53 bits per heavy atom. The first kappa shape index (κ1) is 10.0. The van der Waals surface area contributed by atoms with Crippen molar-refractivity contribution in [2.75, 3.05) is 18.1 Å². The highest BCUT2D eigenvalue weighted by Crippen LogP contribution is 2.30.